The van der Waals surface area contributed by atoms with Gasteiger partial charge in [0.2, 0.25) is 0 Å². The Labute approximate surface area is 97.8 Å². The Balaban J connectivity index is 2.21. The van der Waals surface area contributed by atoms with Crippen molar-refractivity contribution in [1.82, 2.24) is 5.32 Å². The van der Waals surface area contributed by atoms with Gasteiger partial charge in [-0.2, -0.15) is 0 Å². The molecule has 3 nitrogen and oxygen atoms in total. The third-order valence-electron chi connectivity index (χ3n) is 2.28. The average molecular weight is 241 g/mol. The zero-order chi connectivity index (χ0) is 12.0. The third kappa shape index (κ3) is 5.88. The van der Waals surface area contributed by atoms with E-state index in [-0.39, 0.29) is 5.75 Å². The molecule has 1 aromatic carbocycles. The summed E-state index contributed by atoms with van der Waals surface area (Å²) in [7, 11) is -2.82. The molecule has 90 valence electrons. The molecular weight excluding hydrogens is 222 g/mol. The van der Waals surface area contributed by atoms with Crippen LogP contribution < -0.4 is 5.32 Å². The van der Waals surface area contributed by atoms with Gasteiger partial charge in [0, 0.05) is 12.8 Å². The normalized spacial score (nSPS) is 11.6. The van der Waals surface area contributed by atoms with Gasteiger partial charge in [-0.15, -0.1) is 0 Å². The van der Waals surface area contributed by atoms with Gasteiger partial charge in [0.15, 0.2) is 0 Å². The highest BCUT2D eigenvalue weighted by Crippen LogP contribution is 2.03. The monoisotopic (exact) mass is 241 g/mol. The van der Waals surface area contributed by atoms with Crippen molar-refractivity contribution in [3.63, 3.8) is 0 Å². The maximum Gasteiger partial charge on any atom is 0.147 e. The molecule has 0 unspecified atom stereocenters. The summed E-state index contributed by atoms with van der Waals surface area (Å²) >= 11 is 0. The van der Waals surface area contributed by atoms with Crippen molar-refractivity contribution in [2.75, 3.05) is 18.6 Å². The van der Waals surface area contributed by atoms with Crippen LogP contribution in [0.5, 0.6) is 0 Å². The average Bonchev–Trinajstić information content (AvgIpc) is 2.15. The van der Waals surface area contributed by atoms with E-state index in [1.807, 2.05) is 6.07 Å². The van der Waals surface area contributed by atoms with Crippen LogP contribution in [-0.2, 0) is 16.4 Å². The van der Waals surface area contributed by atoms with Crippen LogP contribution in [-0.4, -0.2) is 27.0 Å². The molecular formula is C12H19NO2S. The van der Waals surface area contributed by atoms with Crippen molar-refractivity contribution >= 4 is 9.84 Å². The lowest BCUT2D eigenvalue weighted by molar-refractivity contribution is 0.594. The lowest BCUT2D eigenvalue weighted by Crippen LogP contribution is -2.17. The first-order chi connectivity index (χ1) is 7.47. The fraction of sp³-hybridized carbons (Fsp3) is 0.500. The largest absolute Gasteiger partial charge is 0.313 e. The molecule has 0 spiro atoms. The molecule has 0 aromatic heterocycles. The number of hydrogen-bond acceptors (Lipinski definition) is 3. The summed E-state index contributed by atoms with van der Waals surface area (Å²) in [5.74, 6) is 0.258. The van der Waals surface area contributed by atoms with Crippen LogP contribution in [0.3, 0.4) is 0 Å². The molecule has 0 saturated carbocycles. The van der Waals surface area contributed by atoms with Gasteiger partial charge < -0.3 is 5.32 Å². The molecule has 1 N–H and O–H groups in total. The van der Waals surface area contributed by atoms with Crippen molar-refractivity contribution < 1.29 is 8.42 Å². The zero-order valence-electron chi connectivity index (χ0n) is 9.86. The molecule has 0 saturated heterocycles. The van der Waals surface area contributed by atoms with Crippen molar-refractivity contribution in [2.24, 2.45) is 0 Å². The minimum absolute atomic E-state index is 0.258. The van der Waals surface area contributed by atoms with Crippen molar-refractivity contribution in [3.8, 4) is 0 Å². The van der Waals surface area contributed by atoms with Gasteiger partial charge in [0.1, 0.15) is 9.84 Å². The molecule has 0 fully saturated rings. The van der Waals surface area contributed by atoms with Gasteiger partial charge in [0.25, 0.3) is 0 Å². The second-order valence-electron chi connectivity index (χ2n) is 4.15. The summed E-state index contributed by atoms with van der Waals surface area (Å²) in [6, 6.07) is 8.29. The minimum atomic E-state index is -2.82. The summed E-state index contributed by atoms with van der Waals surface area (Å²) in [5, 5.41) is 3.24. The highest BCUT2D eigenvalue weighted by atomic mass is 32.2. The van der Waals surface area contributed by atoms with Crippen LogP contribution in [0, 0.1) is 6.92 Å². The van der Waals surface area contributed by atoms with Crippen molar-refractivity contribution in [3.05, 3.63) is 35.4 Å². The molecule has 0 aliphatic rings. The number of hydrogen-bond donors (Lipinski definition) is 1. The molecule has 0 atom stereocenters. The SMILES string of the molecule is Cc1cccc(CNCCCS(C)(=O)=O)c1. The van der Waals surface area contributed by atoms with E-state index in [9.17, 15) is 8.42 Å². The minimum Gasteiger partial charge on any atom is -0.313 e. The van der Waals surface area contributed by atoms with E-state index in [1.54, 1.807) is 0 Å². The van der Waals surface area contributed by atoms with Gasteiger partial charge in [-0.05, 0) is 25.5 Å². The highest BCUT2D eigenvalue weighted by Gasteiger charge is 2.00. The summed E-state index contributed by atoms with van der Waals surface area (Å²) < 4.78 is 21.8. The Bertz CT molecular complexity index is 426. The number of sulfone groups is 1. The van der Waals surface area contributed by atoms with E-state index >= 15 is 0 Å². The molecule has 0 amide bonds. The van der Waals surface area contributed by atoms with E-state index in [0.717, 1.165) is 13.1 Å². The van der Waals surface area contributed by atoms with E-state index in [1.165, 1.54) is 17.4 Å². The van der Waals surface area contributed by atoms with E-state index in [2.05, 4.69) is 30.4 Å². The molecule has 0 radical (unpaired) electrons. The van der Waals surface area contributed by atoms with Crippen LogP contribution >= 0.6 is 0 Å². The van der Waals surface area contributed by atoms with Crippen LogP contribution in [0.15, 0.2) is 24.3 Å². The second kappa shape index (κ2) is 6.01. The third-order valence-corrected chi connectivity index (χ3v) is 3.31. The lowest BCUT2D eigenvalue weighted by Gasteiger charge is -2.05. The van der Waals surface area contributed by atoms with Gasteiger partial charge in [-0.3, -0.25) is 0 Å². The molecule has 0 bridgehead atoms. The van der Waals surface area contributed by atoms with Crippen molar-refractivity contribution in [2.45, 2.75) is 19.9 Å². The number of benzene rings is 1. The summed E-state index contributed by atoms with van der Waals surface area (Å²) in [6.45, 7) is 3.60. The van der Waals surface area contributed by atoms with Gasteiger partial charge in [-0.25, -0.2) is 8.42 Å². The molecule has 0 aliphatic heterocycles. The Morgan fingerprint density at radius 1 is 1.31 bits per heavy atom. The molecule has 16 heavy (non-hydrogen) atoms. The van der Waals surface area contributed by atoms with Crippen LogP contribution in [0.4, 0.5) is 0 Å². The fourth-order valence-corrected chi connectivity index (χ4v) is 2.18. The van der Waals surface area contributed by atoms with E-state index in [0.29, 0.717) is 6.42 Å². The first-order valence-corrected chi connectivity index (χ1v) is 7.47. The standard InChI is InChI=1S/C12H19NO2S/c1-11-5-3-6-12(9-11)10-13-7-4-8-16(2,14)15/h3,5-6,9,13H,4,7-8,10H2,1-2H3. The summed E-state index contributed by atoms with van der Waals surface area (Å²) in [5.41, 5.74) is 2.48. The number of aryl methyl sites for hydroxylation is 1. The smallest absolute Gasteiger partial charge is 0.147 e. The lowest BCUT2D eigenvalue weighted by atomic mass is 10.1. The molecule has 0 heterocycles. The zero-order valence-corrected chi connectivity index (χ0v) is 10.7. The predicted octanol–water partition coefficient (Wildman–Crippen LogP) is 1.52. The van der Waals surface area contributed by atoms with Gasteiger partial charge >= 0.3 is 0 Å². The Morgan fingerprint density at radius 2 is 2.06 bits per heavy atom. The number of nitrogens with one attached hydrogen (secondary N) is 1. The first-order valence-electron chi connectivity index (χ1n) is 5.41. The molecule has 1 rings (SSSR count). The Hall–Kier alpha value is -0.870. The summed E-state index contributed by atoms with van der Waals surface area (Å²) in [4.78, 5) is 0. The quantitative estimate of drug-likeness (QED) is 0.768. The van der Waals surface area contributed by atoms with Crippen LogP contribution in [0.25, 0.3) is 0 Å². The van der Waals surface area contributed by atoms with Gasteiger partial charge in [0.05, 0.1) is 5.75 Å². The second-order valence-corrected chi connectivity index (χ2v) is 6.41. The number of rotatable bonds is 6. The molecule has 4 heteroatoms. The van der Waals surface area contributed by atoms with Gasteiger partial charge in [-0.1, -0.05) is 29.8 Å². The van der Waals surface area contributed by atoms with E-state index < -0.39 is 9.84 Å². The first kappa shape index (κ1) is 13.2. The molecule has 0 aliphatic carbocycles. The highest BCUT2D eigenvalue weighted by molar-refractivity contribution is 7.90. The predicted molar refractivity (Wildman–Crippen MR) is 67.2 cm³/mol. The Kier molecular flexibility index (Phi) is 4.96. The Morgan fingerprint density at radius 3 is 2.69 bits per heavy atom. The summed E-state index contributed by atoms with van der Waals surface area (Å²) in [6.07, 6.45) is 1.94. The molecule has 1 aromatic rings. The maximum absolute atomic E-state index is 10.9. The fourth-order valence-electron chi connectivity index (χ4n) is 1.51. The van der Waals surface area contributed by atoms with Crippen LogP contribution in [0.1, 0.15) is 17.5 Å². The maximum atomic E-state index is 10.9. The van der Waals surface area contributed by atoms with Crippen LogP contribution in [0.2, 0.25) is 0 Å². The van der Waals surface area contributed by atoms with E-state index in [4.69, 9.17) is 0 Å². The van der Waals surface area contributed by atoms with Crippen molar-refractivity contribution in [1.29, 1.82) is 0 Å². The topological polar surface area (TPSA) is 46.2 Å².